The second kappa shape index (κ2) is 5.23. The Hall–Kier alpha value is -1.56. The lowest BCUT2D eigenvalue weighted by molar-refractivity contribution is 0.296. The SMILES string of the molecule is C#CCCCOc1ccc(F)cc1F. The Kier molecular flexibility index (Phi) is 3.93. The first-order valence-electron chi connectivity index (χ1n) is 4.25. The van der Waals surface area contributed by atoms with Crippen molar-refractivity contribution in [2.45, 2.75) is 12.8 Å². The summed E-state index contributed by atoms with van der Waals surface area (Å²) in [5, 5.41) is 0. The second-order valence-electron chi connectivity index (χ2n) is 2.73. The van der Waals surface area contributed by atoms with Crippen molar-refractivity contribution in [3.63, 3.8) is 0 Å². The van der Waals surface area contributed by atoms with Crippen LogP contribution in [0.25, 0.3) is 0 Å². The number of benzene rings is 1. The molecule has 14 heavy (non-hydrogen) atoms. The van der Waals surface area contributed by atoms with E-state index in [4.69, 9.17) is 11.2 Å². The lowest BCUT2D eigenvalue weighted by Gasteiger charge is -2.05. The van der Waals surface area contributed by atoms with Gasteiger partial charge in [-0.25, -0.2) is 8.78 Å². The van der Waals surface area contributed by atoms with Crippen molar-refractivity contribution in [2.24, 2.45) is 0 Å². The number of rotatable bonds is 4. The summed E-state index contributed by atoms with van der Waals surface area (Å²) in [6.45, 7) is 0.340. The fraction of sp³-hybridized carbons (Fsp3) is 0.273. The van der Waals surface area contributed by atoms with Gasteiger partial charge in [-0.05, 0) is 18.6 Å². The molecular formula is C11H10F2O. The number of terminal acetylenes is 1. The molecule has 0 radical (unpaired) electrons. The fourth-order valence-electron chi connectivity index (χ4n) is 0.949. The normalized spacial score (nSPS) is 9.50. The largest absolute Gasteiger partial charge is 0.490 e. The van der Waals surface area contributed by atoms with E-state index in [-0.39, 0.29) is 5.75 Å². The van der Waals surface area contributed by atoms with Gasteiger partial charge in [0.25, 0.3) is 0 Å². The maximum atomic E-state index is 13.0. The molecular weight excluding hydrogens is 186 g/mol. The Morgan fingerprint density at radius 3 is 2.79 bits per heavy atom. The first kappa shape index (κ1) is 10.5. The molecule has 1 aromatic rings. The highest BCUT2D eigenvalue weighted by atomic mass is 19.1. The summed E-state index contributed by atoms with van der Waals surface area (Å²) in [5.74, 6) is 1.20. The maximum absolute atomic E-state index is 13.0. The number of hydrogen-bond donors (Lipinski definition) is 0. The molecule has 0 heterocycles. The molecule has 1 aromatic carbocycles. The molecule has 3 heteroatoms. The van der Waals surface area contributed by atoms with Crippen LogP contribution in [0.5, 0.6) is 5.75 Å². The summed E-state index contributed by atoms with van der Waals surface area (Å²) in [7, 11) is 0. The lowest BCUT2D eigenvalue weighted by atomic mass is 10.3. The van der Waals surface area contributed by atoms with E-state index in [2.05, 4.69) is 5.92 Å². The monoisotopic (exact) mass is 196 g/mol. The van der Waals surface area contributed by atoms with Crippen LogP contribution >= 0.6 is 0 Å². The van der Waals surface area contributed by atoms with Gasteiger partial charge in [0.1, 0.15) is 5.82 Å². The van der Waals surface area contributed by atoms with Gasteiger partial charge in [-0.15, -0.1) is 12.3 Å². The van der Waals surface area contributed by atoms with Crippen molar-refractivity contribution in [1.29, 1.82) is 0 Å². The van der Waals surface area contributed by atoms with Crippen LogP contribution in [0, 0.1) is 24.0 Å². The van der Waals surface area contributed by atoms with Crippen molar-refractivity contribution in [3.05, 3.63) is 29.8 Å². The van der Waals surface area contributed by atoms with Gasteiger partial charge in [0.15, 0.2) is 11.6 Å². The summed E-state index contributed by atoms with van der Waals surface area (Å²) in [6.07, 6.45) is 6.27. The van der Waals surface area contributed by atoms with Crippen molar-refractivity contribution in [1.82, 2.24) is 0 Å². The highest BCUT2D eigenvalue weighted by Gasteiger charge is 2.03. The Labute approximate surface area is 81.7 Å². The van der Waals surface area contributed by atoms with Crippen LogP contribution in [-0.2, 0) is 0 Å². The molecule has 1 rings (SSSR count). The molecule has 74 valence electrons. The highest BCUT2D eigenvalue weighted by Crippen LogP contribution is 2.17. The molecule has 0 saturated carbocycles. The van der Waals surface area contributed by atoms with E-state index in [0.717, 1.165) is 12.1 Å². The second-order valence-corrected chi connectivity index (χ2v) is 2.73. The van der Waals surface area contributed by atoms with Gasteiger partial charge < -0.3 is 4.74 Å². The molecule has 0 aromatic heterocycles. The molecule has 0 atom stereocenters. The summed E-state index contributed by atoms with van der Waals surface area (Å²) < 4.78 is 30.5. The van der Waals surface area contributed by atoms with Crippen LogP contribution in [0.3, 0.4) is 0 Å². The molecule has 0 aliphatic carbocycles. The van der Waals surface area contributed by atoms with Crippen molar-refractivity contribution in [2.75, 3.05) is 6.61 Å². The molecule has 0 N–H and O–H groups in total. The predicted octanol–water partition coefficient (Wildman–Crippen LogP) is 2.76. The van der Waals surface area contributed by atoms with Gasteiger partial charge in [-0.2, -0.15) is 0 Å². The van der Waals surface area contributed by atoms with Crippen molar-refractivity contribution >= 4 is 0 Å². The zero-order valence-electron chi connectivity index (χ0n) is 7.59. The van der Waals surface area contributed by atoms with E-state index < -0.39 is 11.6 Å². The molecule has 0 spiro atoms. The zero-order chi connectivity index (χ0) is 10.4. The van der Waals surface area contributed by atoms with Crippen LogP contribution in [0.2, 0.25) is 0 Å². The standard InChI is InChI=1S/C11H10F2O/c1-2-3-4-7-14-11-6-5-9(12)8-10(11)13/h1,5-6,8H,3-4,7H2. The van der Waals surface area contributed by atoms with E-state index in [9.17, 15) is 8.78 Å². The lowest BCUT2D eigenvalue weighted by Crippen LogP contribution is -1.98. The van der Waals surface area contributed by atoms with Gasteiger partial charge >= 0.3 is 0 Å². The van der Waals surface area contributed by atoms with Gasteiger partial charge in [0, 0.05) is 12.5 Å². The molecule has 0 amide bonds. The number of unbranched alkanes of at least 4 members (excludes halogenated alkanes) is 1. The predicted molar refractivity (Wildman–Crippen MR) is 49.9 cm³/mol. The van der Waals surface area contributed by atoms with Gasteiger partial charge in [-0.1, -0.05) is 0 Å². The minimum atomic E-state index is -0.689. The Balaban J connectivity index is 2.47. The topological polar surface area (TPSA) is 9.23 Å². The number of ether oxygens (including phenoxy) is 1. The van der Waals surface area contributed by atoms with Crippen LogP contribution in [0.4, 0.5) is 8.78 Å². The van der Waals surface area contributed by atoms with E-state index >= 15 is 0 Å². The average Bonchev–Trinajstić information content (AvgIpc) is 2.15. The maximum Gasteiger partial charge on any atom is 0.167 e. The van der Waals surface area contributed by atoms with E-state index in [1.165, 1.54) is 6.07 Å². The third kappa shape index (κ3) is 3.06. The third-order valence-electron chi connectivity index (χ3n) is 1.62. The van der Waals surface area contributed by atoms with E-state index in [0.29, 0.717) is 19.4 Å². The molecule has 0 aliphatic rings. The van der Waals surface area contributed by atoms with Crippen LogP contribution in [-0.4, -0.2) is 6.61 Å². The summed E-state index contributed by atoms with van der Waals surface area (Å²) in [6, 6.07) is 3.21. The summed E-state index contributed by atoms with van der Waals surface area (Å²) in [4.78, 5) is 0. The quantitative estimate of drug-likeness (QED) is 0.531. The smallest absolute Gasteiger partial charge is 0.167 e. The average molecular weight is 196 g/mol. The number of hydrogen-bond acceptors (Lipinski definition) is 1. The Morgan fingerprint density at radius 2 is 2.14 bits per heavy atom. The van der Waals surface area contributed by atoms with Crippen LogP contribution < -0.4 is 4.74 Å². The first-order chi connectivity index (χ1) is 6.74. The minimum absolute atomic E-state index is 0.0587. The first-order valence-corrected chi connectivity index (χ1v) is 4.25. The van der Waals surface area contributed by atoms with Crippen molar-refractivity contribution in [3.8, 4) is 18.1 Å². The molecule has 0 unspecified atom stereocenters. The zero-order valence-corrected chi connectivity index (χ0v) is 7.59. The van der Waals surface area contributed by atoms with Gasteiger partial charge in [0.2, 0.25) is 0 Å². The van der Waals surface area contributed by atoms with Crippen LogP contribution in [0.15, 0.2) is 18.2 Å². The molecule has 0 aliphatic heterocycles. The van der Waals surface area contributed by atoms with Crippen LogP contribution in [0.1, 0.15) is 12.8 Å². The summed E-state index contributed by atoms with van der Waals surface area (Å²) in [5.41, 5.74) is 0. The molecule has 0 fully saturated rings. The van der Waals surface area contributed by atoms with E-state index in [1.54, 1.807) is 0 Å². The molecule has 0 bridgehead atoms. The number of halogens is 2. The fourth-order valence-corrected chi connectivity index (χ4v) is 0.949. The van der Waals surface area contributed by atoms with Gasteiger partial charge in [0.05, 0.1) is 6.61 Å². The molecule has 0 saturated heterocycles. The summed E-state index contributed by atoms with van der Waals surface area (Å²) >= 11 is 0. The minimum Gasteiger partial charge on any atom is -0.490 e. The highest BCUT2D eigenvalue weighted by molar-refractivity contribution is 5.24. The Bertz CT molecular complexity index is 342. The third-order valence-corrected chi connectivity index (χ3v) is 1.62. The van der Waals surface area contributed by atoms with E-state index in [1.807, 2.05) is 0 Å². The van der Waals surface area contributed by atoms with Gasteiger partial charge in [-0.3, -0.25) is 0 Å². The molecule has 1 nitrogen and oxygen atoms in total. The Morgan fingerprint density at radius 1 is 1.36 bits per heavy atom. The van der Waals surface area contributed by atoms with Crippen molar-refractivity contribution < 1.29 is 13.5 Å².